The fourth-order valence-corrected chi connectivity index (χ4v) is 2.05. The summed E-state index contributed by atoms with van der Waals surface area (Å²) in [5.74, 6) is -2.04. The molecule has 0 spiro atoms. The van der Waals surface area contributed by atoms with Crippen LogP contribution >= 0.6 is 0 Å². The van der Waals surface area contributed by atoms with Crippen molar-refractivity contribution in [2.75, 3.05) is 17.2 Å². The van der Waals surface area contributed by atoms with Gasteiger partial charge in [0, 0.05) is 17.3 Å². The summed E-state index contributed by atoms with van der Waals surface area (Å²) in [6.45, 7) is -0.132. The molecule has 0 fully saturated rings. The van der Waals surface area contributed by atoms with Crippen LogP contribution in [0.15, 0.2) is 36.4 Å². The largest absolute Gasteiger partial charge is 0.482 e. The second-order valence-corrected chi connectivity index (χ2v) is 4.66. The van der Waals surface area contributed by atoms with E-state index in [1.54, 1.807) is 0 Å². The molecule has 3 rings (SSSR count). The van der Waals surface area contributed by atoms with Gasteiger partial charge in [-0.25, -0.2) is 8.78 Å². The number of anilines is 2. The summed E-state index contributed by atoms with van der Waals surface area (Å²) in [5.41, 5.74) is 0.707. The molecule has 7 heteroatoms. The van der Waals surface area contributed by atoms with Crippen LogP contribution < -0.4 is 15.4 Å². The maximum Gasteiger partial charge on any atom is 0.262 e. The van der Waals surface area contributed by atoms with Gasteiger partial charge in [0.25, 0.3) is 11.8 Å². The lowest BCUT2D eigenvalue weighted by Gasteiger charge is -2.18. The fourth-order valence-electron chi connectivity index (χ4n) is 2.05. The molecule has 2 aromatic carbocycles. The monoisotopic (exact) mass is 304 g/mol. The van der Waals surface area contributed by atoms with Gasteiger partial charge in [-0.1, -0.05) is 0 Å². The van der Waals surface area contributed by atoms with E-state index in [2.05, 4.69) is 10.6 Å². The van der Waals surface area contributed by atoms with Crippen LogP contribution in [-0.2, 0) is 4.79 Å². The van der Waals surface area contributed by atoms with E-state index < -0.39 is 17.5 Å². The van der Waals surface area contributed by atoms with E-state index in [1.807, 2.05) is 0 Å². The standard InChI is InChI=1S/C15H10F2N2O3/c16-9-4-10(17)6-11(5-9)18-15(21)8-1-2-12-13(3-8)22-7-14(20)19-12/h1-6H,7H2,(H,18,21)(H,19,20). The molecular weight excluding hydrogens is 294 g/mol. The first-order chi connectivity index (χ1) is 10.5. The van der Waals surface area contributed by atoms with Crippen molar-refractivity contribution in [3.8, 4) is 5.75 Å². The zero-order valence-electron chi connectivity index (χ0n) is 11.2. The number of nitrogens with one attached hydrogen (secondary N) is 2. The molecule has 2 N–H and O–H groups in total. The Hall–Kier alpha value is -2.96. The number of carbonyl (C=O) groups is 2. The third-order valence-electron chi connectivity index (χ3n) is 3.00. The van der Waals surface area contributed by atoms with Crippen LogP contribution in [0.4, 0.5) is 20.2 Å². The van der Waals surface area contributed by atoms with Gasteiger partial charge in [0.2, 0.25) is 0 Å². The average molecular weight is 304 g/mol. The zero-order valence-corrected chi connectivity index (χ0v) is 11.2. The highest BCUT2D eigenvalue weighted by Crippen LogP contribution is 2.28. The van der Waals surface area contributed by atoms with Gasteiger partial charge in [-0.3, -0.25) is 9.59 Å². The van der Waals surface area contributed by atoms with E-state index in [0.29, 0.717) is 17.5 Å². The van der Waals surface area contributed by atoms with Crippen molar-refractivity contribution < 1.29 is 23.1 Å². The summed E-state index contributed by atoms with van der Waals surface area (Å²) in [6, 6.07) is 7.17. The Labute approximate surface area is 123 Å². The van der Waals surface area contributed by atoms with E-state index in [4.69, 9.17) is 4.74 Å². The number of fused-ring (bicyclic) bond motifs is 1. The van der Waals surface area contributed by atoms with E-state index in [1.165, 1.54) is 18.2 Å². The molecule has 1 aliphatic heterocycles. The molecule has 2 amide bonds. The minimum atomic E-state index is -0.785. The SMILES string of the molecule is O=C1COc2cc(C(=O)Nc3cc(F)cc(F)c3)ccc2N1. The summed E-state index contributed by atoms with van der Waals surface area (Å²) in [7, 11) is 0. The summed E-state index contributed by atoms with van der Waals surface area (Å²) in [5, 5.41) is 4.99. The highest BCUT2D eigenvalue weighted by Gasteiger charge is 2.18. The molecule has 112 valence electrons. The van der Waals surface area contributed by atoms with Gasteiger partial charge in [0.15, 0.2) is 6.61 Å². The van der Waals surface area contributed by atoms with Crippen molar-refractivity contribution in [3.63, 3.8) is 0 Å². The number of hydrogen-bond donors (Lipinski definition) is 2. The van der Waals surface area contributed by atoms with Gasteiger partial charge in [0.05, 0.1) is 5.69 Å². The van der Waals surface area contributed by atoms with Crippen LogP contribution in [-0.4, -0.2) is 18.4 Å². The van der Waals surface area contributed by atoms with Crippen molar-refractivity contribution in [1.29, 1.82) is 0 Å². The van der Waals surface area contributed by atoms with Crippen LogP contribution in [0.5, 0.6) is 5.75 Å². The van der Waals surface area contributed by atoms with Crippen molar-refractivity contribution >= 4 is 23.2 Å². The third-order valence-corrected chi connectivity index (χ3v) is 3.00. The van der Waals surface area contributed by atoms with Gasteiger partial charge < -0.3 is 15.4 Å². The molecule has 22 heavy (non-hydrogen) atoms. The Morgan fingerprint density at radius 2 is 1.86 bits per heavy atom. The van der Waals surface area contributed by atoms with Gasteiger partial charge in [-0.05, 0) is 30.3 Å². The molecule has 0 saturated carbocycles. The molecule has 2 aromatic rings. The van der Waals surface area contributed by atoms with Crippen LogP contribution in [0.2, 0.25) is 0 Å². The maximum absolute atomic E-state index is 13.1. The van der Waals surface area contributed by atoms with Crippen LogP contribution in [0.3, 0.4) is 0 Å². The van der Waals surface area contributed by atoms with Gasteiger partial charge in [-0.15, -0.1) is 0 Å². The number of halogens is 2. The average Bonchev–Trinajstić information content (AvgIpc) is 2.45. The number of benzene rings is 2. The molecular formula is C15H10F2N2O3. The molecule has 0 saturated heterocycles. The minimum absolute atomic E-state index is 0.00874. The first-order valence-electron chi connectivity index (χ1n) is 6.35. The third kappa shape index (κ3) is 2.88. The molecule has 1 heterocycles. The Bertz CT molecular complexity index is 757. The quantitative estimate of drug-likeness (QED) is 0.896. The predicted octanol–water partition coefficient (Wildman–Crippen LogP) is 2.55. The van der Waals surface area contributed by atoms with Gasteiger partial charge in [0.1, 0.15) is 17.4 Å². The number of carbonyl (C=O) groups excluding carboxylic acids is 2. The van der Waals surface area contributed by atoms with E-state index in [-0.39, 0.29) is 23.8 Å². The summed E-state index contributed by atoms with van der Waals surface area (Å²) in [4.78, 5) is 23.3. The lowest BCUT2D eigenvalue weighted by atomic mass is 10.1. The predicted molar refractivity (Wildman–Crippen MR) is 74.9 cm³/mol. The topological polar surface area (TPSA) is 67.4 Å². The van der Waals surface area contributed by atoms with Gasteiger partial charge >= 0.3 is 0 Å². The second-order valence-electron chi connectivity index (χ2n) is 4.66. The number of rotatable bonds is 2. The second kappa shape index (κ2) is 5.44. The normalized spacial score (nSPS) is 12.9. The summed E-state index contributed by atoms with van der Waals surface area (Å²) in [6.07, 6.45) is 0. The van der Waals surface area contributed by atoms with Crippen LogP contribution in [0.1, 0.15) is 10.4 Å². The number of hydrogen-bond acceptors (Lipinski definition) is 3. The van der Waals surface area contributed by atoms with Crippen molar-refractivity contribution in [1.82, 2.24) is 0 Å². The van der Waals surface area contributed by atoms with E-state index in [9.17, 15) is 18.4 Å². The Morgan fingerprint density at radius 3 is 2.59 bits per heavy atom. The lowest BCUT2D eigenvalue weighted by molar-refractivity contribution is -0.118. The lowest BCUT2D eigenvalue weighted by Crippen LogP contribution is -2.25. The first-order valence-corrected chi connectivity index (χ1v) is 6.35. The van der Waals surface area contributed by atoms with Gasteiger partial charge in [-0.2, -0.15) is 0 Å². The van der Waals surface area contributed by atoms with Crippen molar-refractivity contribution in [2.45, 2.75) is 0 Å². The first kappa shape index (κ1) is 14.0. The zero-order chi connectivity index (χ0) is 15.7. The fraction of sp³-hybridized carbons (Fsp3) is 0.0667. The molecule has 0 atom stereocenters. The maximum atomic E-state index is 13.1. The molecule has 0 aliphatic carbocycles. The smallest absolute Gasteiger partial charge is 0.262 e. The molecule has 5 nitrogen and oxygen atoms in total. The summed E-state index contributed by atoms with van der Waals surface area (Å²) < 4.78 is 31.4. The highest BCUT2D eigenvalue weighted by molar-refractivity contribution is 6.05. The minimum Gasteiger partial charge on any atom is -0.482 e. The Balaban J connectivity index is 1.82. The molecule has 0 unspecified atom stereocenters. The van der Waals surface area contributed by atoms with E-state index in [0.717, 1.165) is 12.1 Å². The number of amides is 2. The Morgan fingerprint density at radius 1 is 1.14 bits per heavy atom. The van der Waals surface area contributed by atoms with Crippen molar-refractivity contribution in [3.05, 3.63) is 53.6 Å². The highest BCUT2D eigenvalue weighted by atomic mass is 19.1. The molecule has 0 aromatic heterocycles. The Kier molecular flexibility index (Phi) is 3.46. The van der Waals surface area contributed by atoms with E-state index >= 15 is 0 Å². The molecule has 1 aliphatic rings. The van der Waals surface area contributed by atoms with Crippen molar-refractivity contribution in [2.24, 2.45) is 0 Å². The van der Waals surface area contributed by atoms with Crippen LogP contribution in [0, 0.1) is 11.6 Å². The molecule has 0 radical (unpaired) electrons. The molecule has 0 bridgehead atoms. The van der Waals surface area contributed by atoms with Crippen LogP contribution in [0.25, 0.3) is 0 Å². The summed E-state index contributed by atoms with van der Waals surface area (Å²) >= 11 is 0. The number of ether oxygens (including phenoxy) is 1.